The molecule has 3 rings (SSSR count). The van der Waals surface area contributed by atoms with Gasteiger partial charge in [-0.3, -0.25) is 9.59 Å². The van der Waals surface area contributed by atoms with Crippen LogP contribution in [0.15, 0.2) is 58.3 Å². The first-order valence-corrected chi connectivity index (χ1v) is 11.3. The highest BCUT2D eigenvalue weighted by Crippen LogP contribution is 2.24. The molecule has 2 aromatic rings. The Morgan fingerprint density at radius 2 is 1.18 bits per heavy atom. The van der Waals surface area contributed by atoms with E-state index in [9.17, 15) is 9.59 Å². The lowest BCUT2D eigenvalue weighted by atomic mass is 10.2. The Labute approximate surface area is 174 Å². The van der Waals surface area contributed by atoms with E-state index in [0.717, 1.165) is 21.3 Å². The highest BCUT2D eigenvalue weighted by atomic mass is 32.2. The van der Waals surface area contributed by atoms with Crippen LogP contribution in [0.1, 0.15) is 27.1 Å². The third-order valence-corrected chi connectivity index (χ3v) is 6.23. The molecule has 7 heteroatoms. The number of rotatable bonds is 0. The van der Waals surface area contributed by atoms with Gasteiger partial charge in [0.2, 0.25) is 0 Å². The number of benzene rings is 2. The highest BCUT2D eigenvalue weighted by Gasteiger charge is 2.13. The molecule has 0 fully saturated rings. The van der Waals surface area contributed by atoms with Gasteiger partial charge in [0.05, 0.1) is 24.3 Å². The summed E-state index contributed by atoms with van der Waals surface area (Å²) >= 11 is 3.27. The number of hydrogen-bond donors (Lipinski definition) is 2. The smallest absolute Gasteiger partial charge is 0.252 e. The number of nitrogens with one attached hydrogen (secondary N) is 2. The Bertz CT molecular complexity index is 748. The topological polar surface area (TPSA) is 67.4 Å². The standard InChI is InChI=1S/C21H24N2O3S2/c24-20-16-6-1-3-8-18(16)27-14-12-26-13-15-28-19-9-4-2-7-17(19)21(25)23-11-5-10-22-20/h1-4,6-9H,5,10-15H2,(H,22,24)(H,23,25). The molecule has 28 heavy (non-hydrogen) atoms. The highest BCUT2D eigenvalue weighted by molar-refractivity contribution is 7.99. The molecule has 1 aliphatic heterocycles. The Balaban J connectivity index is 1.66. The minimum Gasteiger partial charge on any atom is -0.380 e. The van der Waals surface area contributed by atoms with Crippen molar-refractivity contribution in [3.63, 3.8) is 0 Å². The van der Waals surface area contributed by atoms with Crippen LogP contribution in [0.25, 0.3) is 0 Å². The summed E-state index contributed by atoms with van der Waals surface area (Å²) in [6, 6.07) is 15.2. The fourth-order valence-corrected chi connectivity index (χ4v) is 4.59. The third kappa shape index (κ3) is 6.02. The zero-order valence-electron chi connectivity index (χ0n) is 15.6. The van der Waals surface area contributed by atoms with Gasteiger partial charge in [0, 0.05) is 34.4 Å². The van der Waals surface area contributed by atoms with Gasteiger partial charge in [-0.2, -0.15) is 0 Å². The minimum atomic E-state index is -0.0850. The van der Waals surface area contributed by atoms with E-state index in [4.69, 9.17) is 4.74 Å². The van der Waals surface area contributed by atoms with Crippen molar-refractivity contribution in [1.29, 1.82) is 0 Å². The molecule has 0 saturated heterocycles. The Morgan fingerprint density at radius 3 is 1.68 bits per heavy atom. The molecule has 0 atom stereocenters. The van der Waals surface area contributed by atoms with Gasteiger partial charge >= 0.3 is 0 Å². The molecule has 0 saturated carbocycles. The van der Waals surface area contributed by atoms with Crippen molar-refractivity contribution >= 4 is 35.3 Å². The molecule has 0 bridgehead atoms. The molecule has 2 amide bonds. The Morgan fingerprint density at radius 1 is 0.714 bits per heavy atom. The quantitative estimate of drug-likeness (QED) is 0.689. The summed E-state index contributed by atoms with van der Waals surface area (Å²) in [5.41, 5.74) is 1.37. The van der Waals surface area contributed by atoms with E-state index >= 15 is 0 Å². The number of thioether (sulfide) groups is 2. The van der Waals surface area contributed by atoms with Gasteiger partial charge in [0.25, 0.3) is 11.8 Å². The molecule has 2 N–H and O–H groups in total. The zero-order chi connectivity index (χ0) is 19.6. The maximum Gasteiger partial charge on any atom is 0.252 e. The fraction of sp³-hybridized carbons (Fsp3) is 0.333. The monoisotopic (exact) mass is 416 g/mol. The molecule has 2 aromatic carbocycles. The van der Waals surface area contributed by atoms with Gasteiger partial charge in [-0.05, 0) is 30.7 Å². The van der Waals surface area contributed by atoms with Crippen molar-refractivity contribution < 1.29 is 14.3 Å². The maximum absolute atomic E-state index is 12.5. The fourth-order valence-electron chi connectivity index (χ4n) is 2.77. The van der Waals surface area contributed by atoms with Crippen LogP contribution in [-0.4, -0.2) is 49.6 Å². The van der Waals surface area contributed by atoms with Crippen molar-refractivity contribution in [2.24, 2.45) is 0 Å². The van der Waals surface area contributed by atoms with E-state index in [1.807, 2.05) is 48.5 Å². The molecular formula is C21H24N2O3S2. The molecule has 0 radical (unpaired) electrons. The van der Waals surface area contributed by atoms with Crippen LogP contribution in [-0.2, 0) is 4.74 Å². The normalized spacial score (nSPS) is 17.3. The predicted molar refractivity (Wildman–Crippen MR) is 114 cm³/mol. The zero-order valence-corrected chi connectivity index (χ0v) is 17.2. The second-order valence-electron chi connectivity index (χ2n) is 6.17. The maximum atomic E-state index is 12.5. The predicted octanol–water partition coefficient (Wildman–Crippen LogP) is 3.45. The van der Waals surface area contributed by atoms with Crippen LogP contribution < -0.4 is 10.6 Å². The van der Waals surface area contributed by atoms with Gasteiger partial charge in [0.15, 0.2) is 0 Å². The van der Waals surface area contributed by atoms with Crippen molar-refractivity contribution in [2.75, 3.05) is 37.8 Å². The third-order valence-electron chi connectivity index (χ3n) is 4.16. The van der Waals surface area contributed by atoms with Crippen molar-refractivity contribution in [3.05, 3.63) is 59.7 Å². The first kappa shape index (κ1) is 20.8. The van der Waals surface area contributed by atoms with Gasteiger partial charge in [0.1, 0.15) is 0 Å². The van der Waals surface area contributed by atoms with Crippen LogP contribution in [0.2, 0.25) is 0 Å². The average molecular weight is 417 g/mol. The molecule has 1 aliphatic rings. The van der Waals surface area contributed by atoms with Crippen molar-refractivity contribution in [3.8, 4) is 0 Å². The van der Waals surface area contributed by atoms with Crippen LogP contribution >= 0.6 is 23.5 Å². The second kappa shape index (κ2) is 11.1. The van der Waals surface area contributed by atoms with E-state index in [-0.39, 0.29) is 11.8 Å². The Hall–Kier alpha value is -1.96. The van der Waals surface area contributed by atoms with Crippen molar-refractivity contribution in [2.45, 2.75) is 16.2 Å². The molecular weight excluding hydrogens is 392 g/mol. The number of ether oxygens (including phenoxy) is 1. The van der Waals surface area contributed by atoms with E-state index in [1.165, 1.54) is 0 Å². The number of fused-ring (bicyclic) bond motifs is 2. The number of hydrogen-bond acceptors (Lipinski definition) is 5. The largest absolute Gasteiger partial charge is 0.380 e. The number of carbonyl (C=O) groups excluding carboxylic acids is 2. The van der Waals surface area contributed by atoms with Gasteiger partial charge in [-0.25, -0.2) is 0 Å². The lowest BCUT2D eigenvalue weighted by Gasteiger charge is -2.12. The molecule has 148 valence electrons. The van der Waals surface area contributed by atoms with Gasteiger partial charge in [-0.1, -0.05) is 24.3 Å². The van der Waals surface area contributed by atoms with Crippen LogP contribution in [0, 0.1) is 0 Å². The van der Waals surface area contributed by atoms with Crippen LogP contribution in [0.5, 0.6) is 0 Å². The number of amides is 2. The summed E-state index contributed by atoms with van der Waals surface area (Å²) in [5.74, 6) is 1.40. The lowest BCUT2D eigenvalue weighted by Crippen LogP contribution is -2.30. The molecule has 5 nitrogen and oxygen atoms in total. The molecule has 1 heterocycles. The van der Waals surface area contributed by atoms with E-state index in [1.54, 1.807) is 23.5 Å². The summed E-state index contributed by atoms with van der Waals surface area (Å²) < 4.78 is 5.72. The SMILES string of the molecule is O=C1NCCCNC(=O)c2ccccc2SCCOCCSc2ccccc21. The van der Waals surface area contributed by atoms with Gasteiger partial charge in [-0.15, -0.1) is 23.5 Å². The lowest BCUT2D eigenvalue weighted by molar-refractivity contribution is 0.0948. The second-order valence-corrected chi connectivity index (χ2v) is 8.44. The van der Waals surface area contributed by atoms with E-state index in [0.29, 0.717) is 43.9 Å². The molecule has 0 aromatic heterocycles. The first-order chi connectivity index (χ1) is 13.8. The summed E-state index contributed by atoms with van der Waals surface area (Å²) in [6.45, 7) is 2.25. The average Bonchev–Trinajstić information content (AvgIpc) is 2.72. The van der Waals surface area contributed by atoms with Crippen molar-refractivity contribution in [1.82, 2.24) is 10.6 Å². The summed E-state index contributed by atoms with van der Waals surface area (Å²) in [6.07, 6.45) is 0.677. The molecule has 0 spiro atoms. The van der Waals surface area contributed by atoms with Crippen LogP contribution in [0.4, 0.5) is 0 Å². The Kier molecular flexibility index (Phi) is 8.26. The summed E-state index contributed by atoms with van der Waals surface area (Å²) in [4.78, 5) is 26.9. The van der Waals surface area contributed by atoms with Crippen LogP contribution in [0.3, 0.4) is 0 Å². The molecule has 0 aliphatic carbocycles. The summed E-state index contributed by atoms with van der Waals surface area (Å²) in [7, 11) is 0. The van der Waals surface area contributed by atoms with Gasteiger partial charge < -0.3 is 15.4 Å². The first-order valence-electron chi connectivity index (χ1n) is 9.33. The minimum absolute atomic E-state index is 0.0850. The molecule has 0 unspecified atom stereocenters. The number of carbonyl (C=O) groups is 2. The van der Waals surface area contributed by atoms with E-state index < -0.39 is 0 Å². The summed E-state index contributed by atoms with van der Waals surface area (Å²) in [5, 5.41) is 5.88. The van der Waals surface area contributed by atoms with E-state index in [2.05, 4.69) is 10.6 Å².